The van der Waals surface area contributed by atoms with E-state index in [2.05, 4.69) is 132 Å². The zero-order valence-electron chi connectivity index (χ0n) is 32.7. The molecule has 10 aromatic rings. The Morgan fingerprint density at radius 3 is 1.62 bits per heavy atom. The highest BCUT2D eigenvalue weighted by molar-refractivity contribution is 6.12. The van der Waals surface area contributed by atoms with Crippen LogP contribution in [0.2, 0.25) is 0 Å². The maximum absolute atomic E-state index is 9.84. The lowest BCUT2D eigenvalue weighted by atomic mass is 9.92. The van der Waals surface area contributed by atoms with Crippen LogP contribution in [-0.2, 0) is 0 Å². The van der Waals surface area contributed by atoms with Crippen molar-refractivity contribution >= 4 is 27.5 Å². The number of benzene rings is 8. The van der Waals surface area contributed by atoms with Crippen molar-refractivity contribution in [3.8, 4) is 79.0 Å². The molecule has 0 spiro atoms. The predicted molar refractivity (Wildman–Crippen MR) is 245 cm³/mol. The van der Waals surface area contributed by atoms with E-state index in [4.69, 9.17) is 16.5 Å². The summed E-state index contributed by atoms with van der Waals surface area (Å²) in [5, 5.41) is 12.1. The first-order valence-electron chi connectivity index (χ1n) is 19.8. The molecule has 5 nitrogen and oxygen atoms in total. The van der Waals surface area contributed by atoms with E-state index in [9.17, 15) is 5.26 Å². The van der Waals surface area contributed by atoms with Gasteiger partial charge in [0.1, 0.15) is 0 Å². The zero-order chi connectivity index (χ0) is 40.6. The van der Waals surface area contributed by atoms with Crippen LogP contribution >= 0.6 is 0 Å². The number of rotatable bonds is 7. The van der Waals surface area contributed by atoms with Gasteiger partial charge in [0, 0.05) is 38.6 Å². The number of hydrogen-bond donors (Lipinski definition) is 0. The molecule has 280 valence electrons. The smallest absolute Gasteiger partial charge is 0.187 e. The molecule has 0 aliphatic rings. The van der Waals surface area contributed by atoms with Crippen molar-refractivity contribution in [3.63, 3.8) is 0 Å². The van der Waals surface area contributed by atoms with Crippen LogP contribution in [-0.4, -0.2) is 14.5 Å². The fourth-order valence-corrected chi connectivity index (χ4v) is 8.11. The number of nitrogens with zero attached hydrogens (tertiary/aromatic N) is 5. The van der Waals surface area contributed by atoms with Crippen molar-refractivity contribution in [1.82, 2.24) is 14.5 Å². The SMILES string of the molecule is [C-]#[N+]c1ccc(-c2cc(-c3nc(-c4ccccc4)cc(-c4ccccc4)n3)cc(-c3ccc(C#N)cc3)c2-n2c3ccccc3c3cc(-c4ccc(C)cc4)ccc32)cc1. The van der Waals surface area contributed by atoms with Gasteiger partial charge in [-0.2, -0.15) is 5.26 Å². The molecule has 0 bridgehead atoms. The second kappa shape index (κ2) is 15.2. The van der Waals surface area contributed by atoms with Gasteiger partial charge in [-0.1, -0.05) is 151 Å². The van der Waals surface area contributed by atoms with Gasteiger partial charge in [-0.3, -0.25) is 0 Å². The zero-order valence-corrected chi connectivity index (χ0v) is 32.7. The Labute approximate surface area is 348 Å². The van der Waals surface area contributed by atoms with Crippen LogP contribution in [0.1, 0.15) is 11.1 Å². The van der Waals surface area contributed by atoms with Crippen molar-refractivity contribution in [3.05, 3.63) is 217 Å². The van der Waals surface area contributed by atoms with Crippen molar-refractivity contribution < 1.29 is 0 Å². The molecule has 0 saturated carbocycles. The van der Waals surface area contributed by atoms with Crippen molar-refractivity contribution in [2.45, 2.75) is 6.92 Å². The summed E-state index contributed by atoms with van der Waals surface area (Å²) in [4.78, 5) is 14.2. The molecular formula is C55H35N5. The standard InChI is InChI=1S/C55H35N5/c1-36-17-21-38(22-18-36)43-27-30-53-49(31-43)46-15-9-10-16-52(46)60(53)54-47(39-23-19-37(35-56)20-24-39)32-44(33-48(54)40-25-28-45(57-2)29-26-40)55-58-50(41-11-5-3-6-12-41)34-51(59-55)42-13-7-4-8-14-42/h3-34H,1H3. The molecule has 0 saturated heterocycles. The fraction of sp³-hybridized carbons (Fsp3) is 0.0182. The van der Waals surface area contributed by atoms with Crippen LogP contribution in [0, 0.1) is 24.8 Å². The summed E-state index contributed by atoms with van der Waals surface area (Å²) in [6, 6.07) is 68.7. The van der Waals surface area contributed by atoms with Gasteiger partial charge in [-0.05, 0) is 77.7 Å². The van der Waals surface area contributed by atoms with Crippen LogP contribution in [0.4, 0.5) is 5.69 Å². The number of fused-ring (bicyclic) bond motifs is 3. The Bertz CT molecular complexity index is 3160. The molecule has 0 aliphatic carbocycles. The van der Waals surface area contributed by atoms with E-state index in [1.807, 2.05) is 84.9 Å². The van der Waals surface area contributed by atoms with Gasteiger partial charge in [-0.25, -0.2) is 14.8 Å². The lowest BCUT2D eigenvalue weighted by molar-refractivity contribution is 1.17. The molecular weight excluding hydrogens is 731 g/mol. The van der Waals surface area contributed by atoms with Gasteiger partial charge in [0.05, 0.1) is 46.3 Å². The molecule has 10 rings (SSSR count). The summed E-state index contributed by atoms with van der Waals surface area (Å²) in [5.41, 5.74) is 16.0. The van der Waals surface area contributed by atoms with Crippen molar-refractivity contribution in [1.29, 1.82) is 5.26 Å². The lowest BCUT2D eigenvalue weighted by Gasteiger charge is -2.21. The van der Waals surface area contributed by atoms with Crippen LogP contribution < -0.4 is 0 Å². The highest BCUT2D eigenvalue weighted by Crippen LogP contribution is 2.45. The quantitative estimate of drug-likeness (QED) is 0.152. The van der Waals surface area contributed by atoms with E-state index >= 15 is 0 Å². The highest BCUT2D eigenvalue weighted by Gasteiger charge is 2.23. The average Bonchev–Trinajstić information content (AvgIpc) is 3.65. The van der Waals surface area contributed by atoms with E-state index in [0.29, 0.717) is 17.1 Å². The first kappa shape index (κ1) is 36.0. The minimum atomic E-state index is 0.565. The number of aryl methyl sites for hydroxylation is 1. The number of hydrogen-bond acceptors (Lipinski definition) is 3. The number of para-hydroxylation sites is 1. The maximum Gasteiger partial charge on any atom is 0.187 e. The van der Waals surface area contributed by atoms with E-state index < -0.39 is 0 Å². The summed E-state index contributed by atoms with van der Waals surface area (Å²) in [6.45, 7) is 9.84. The number of nitriles is 1. The van der Waals surface area contributed by atoms with Crippen molar-refractivity contribution in [2.24, 2.45) is 0 Å². The second-order valence-electron chi connectivity index (χ2n) is 14.9. The molecule has 0 aliphatic heterocycles. The van der Waals surface area contributed by atoms with Gasteiger partial charge >= 0.3 is 0 Å². The summed E-state index contributed by atoms with van der Waals surface area (Å²) >= 11 is 0. The third-order valence-electron chi connectivity index (χ3n) is 11.1. The van der Waals surface area contributed by atoms with Gasteiger partial charge in [-0.15, -0.1) is 0 Å². The molecule has 5 heteroatoms. The Hall–Kier alpha value is -8.38. The Balaban J connectivity index is 1.31. The first-order chi connectivity index (χ1) is 29.5. The Morgan fingerprint density at radius 2 is 1.02 bits per heavy atom. The van der Waals surface area contributed by atoms with E-state index in [0.717, 1.165) is 89.0 Å². The number of aromatic nitrogens is 3. The summed E-state index contributed by atoms with van der Waals surface area (Å²) in [7, 11) is 0. The predicted octanol–water partition coefficient (Wildman–Crippen LogP) is 14.3. The van der Waals surface area contributed by atoms with Crippen LogP contribution in [0.25, 0.3) is 99.6 Å². The Morgan fingerprint density at radius 1 is 0.483 bits per heavy atom. The highest BCUT2D eigenvalue weighted by atomic mass is 15.0. The van der Waals surface area contributed by atoms with Crippen LogP contribution in [0.5, 0.6) is 0 Å². The minimum Gasteiger partial charge on any atom is -0.308 e. The minimum absolute atomic E-state index is 0.565. The molecule has 2 aromatic heterocycles. The molecule has 0 N–H and O–H groups in total. The largest absolute Gasteiger partial charge is 0.308 e. The fourth-order valence-electron chi connectivity index (χ4n) is 8.11. The monoisotopic (exact) mass is 765 g/mol. The summed E-state index contributed by atoms with van der Waals surface area (Å²) in [6.07, 6.45) is 0. The second-order valence-corrected chi connectivity index (χ2v) is 14.9. The molecule has 0 radical (unpaired) electrons. The van der Waals surface area contributed by atoms with Gasteiger partial charge in [0.15, 0.2) is 11.5 Å². The normalized spacial score (nSPS) is 11.1. The average molecular weight is 766 g/mol. The molecule has 8 aromatic carbocycles. The van der Waals surface area contributed by atoms with Crippen LogP contribution in [0.3, 0.4) is 0 Å². The Kier molecular flexibility index (Phi) is 9.10. The van der Waals surface area contributed by atoms with E-state index in [1.54, 1.807) is 0 Å². The third-order valence-corrected chi connectivity index (χ3v) is 11.1. The molecule has 0 fully saturated rings. The molecule has 0 amide bonds. The topological polar surface area (TPSA) is 58.9 Å². The van der Waals surface area contributed by atoms with Gasteiger partial charge in [0.2, 0.25) is 0 Å². The van der Waals surface area contributed by atoms with E-state index in [-0.39, 0.29) is 0 Å². The third kappa shape index (κ3) is 6.57. The lowest BCUT2D eigenvalue weighted by Crippen LogP contribution is -2.03. The summed E-state index contributed by atoms with van der Waals surface area (Å²) in [5.74, 6) is 0.584. The van der Waals surface area contributed by atoms with E-state index in [1.165, 1.54) is 5.56 Å². The molecule has 60 heavy (non-hydrogen) atoms. The van der Waals surface area contributed by atoms with Gasteiger partial charge < -0.3 is 4.57 Å². The maximum atomic E-state index is 9.84. The molecule has 0 atom stereocenters. The van der Waals surface area contributed by atoms with Crippen LogP contribution in [0.15, 0.2) is 194 Å². The van der Waals surface area contributed by atoms with Gasteiger partial charge in [0.25, 0.3) is 0 Å². The van der Waals surface area contributed by atoms with Crippen molar-refractivity contribution in [2.75, 3.05) is 0 Å². The molecule has 0 unspecified atom stereocenters. The first-order valence-corrected chi connectivity index (χ1v) is 19.8. The summed E-state index contributed by atoms with van der Waals surface area (Å²) < 4.78 is 2.37. The molecule has 2 heterocycles.